The number of amides is 1. The molecule has 1 aliphatic rings. The lowest BCUT2D eigenvalue weighted by atomic mass is 10.1. The molecular formula is C26H37N7O3. The van der Waals surface area contributed by atoms with Crippen LogP contribution in [0.2, 0.25) is 0 Å². The molecule has 1 fully saturated rings. The molecule has 0 spiro atoms. The average Bonchev–Trinajstić information content (AvgIpc) is 3.14. The molecule has 0 radical (unpaired) electrons. The Morgan fingerprint density at radius 3 is 2.58 bits per heavy atom. The van der Waals surface area contributed by atoms with Gasteiger partial charge in [0, 0.05) is 32.2 Å². The van der Waals surface area contributed by atoms with Gasteiger partial charge in [-0.1, -0.05) is 30.3 Å². The molecule has 1 atom stereocenters. The molecule has 1 unspecified atom stereocenters. The van der Waals surface area contributed by atoms with Crippen LogP contribution < -0.4 is 21.1 Å². The van der Waals surface area contributed by atoms with Crippen LogP contribution in [-0.4, -0.2) is 56.0 Å². The van der Waals surface area contributed by atoms with E-state index in [0.717, 1.165) is 24.9 Å². The minimum atomic E-state index is -0.560. The second kappa shape index (κ2) is 10.2. The van der Waals surface area contributed by atoms with Crippen molar-refractivity contribution >= 4 is 29.2 Å². The lowest BCUT2D eigenvalue weighted by Gasteiger charge is -2.34. The van der Waals surface area contributed by atoms with Crippen molar-refractivity contribution in [3.05, 3.63) is 46.2 Å². The Morgan fingerprint density at radius 1 is 1.19 bits per heavy atom. The van der Waals surface area contributed by atoms with E-state index in [4.69, 9.17) is 14.7 Å². The van der Waals surface area contributed by atoms with Gasteiger partial charge < -0.3 is 20.3 Å². The number of anilines is 2. The lowest BCUT2D eigenvalue weighted by molar-refractivity contribution is 0.0500. The van der Waals surface area contributed by atoms with E-state index in [-0.39, 0.29) is 17.6 Å². The quantitative estimate of drug-likeness (QED) is 0.539. The van der Waals surface area contributed by atoms with Gasteiger partial charge in [-0.25, -0.2) is 4.79 Å². The first-order valence-corrected chi connectivity index (χ1v) is 12.5. The largest absolute Gasteiger partial charge is 0.444 e. The summed E-state index contributed by atoms with van der Waals surface area (Å²) < 4.78 is 8.95. The van der Waals surface area contributed by atoms with Crippen molar-refractivity contribution in [2.24, 2.45) is 7.05 Å². The molecule has 1 saturated heterocycles. The molecule has 10 heteroatoms. The Bertz CT molecular complexity index is 1270. The summed E-state index contributed by atoms with van der Waals surface area (Å²) in [5.74, 6) is 1.16. The highest BCUT2D eigenvalue weighted by Crippen LogP contribution is 2.25. The summed E-state index contributed by atoms with van der Waals surface area (Å²) in [6, 6.07) is 10.0. The minimum absolute atomic E-state index is 0.0902. The summed E-state index contributed by atoms with van der Waals surface area (Å²) in [7, 11) is 1.72. The van der Waals surface area contributed by atoms with Gasteiger partial charge in [0.05, 0.1) is 6.54 Å². The normalized spacial score (nSPS) is 16.4. The van der Waals surface area contributed by atoms with Crippen molar-refractivity contribution in [1.29, 1.82) is 0 Å². The molecule has 3 aromatic rings. The monoisotopic (exact) mass is 495 g/mol. The Hall–Kier alpha value is -3.56. The van der Waals surface area contributed by atoms with E-state index in [1.807, 2.05) is 69.5 Å². The van der Waals surface area contributed by atoms with Crippen molar-refractivity contribution in [3.63, 3.8) is 0 Å². The molecule has 194 valence electrons. The third-order valence-corrected chi connectivity index (χ3v) is 5.99. The third kappa shape index (κ3) is 5.80. The number of alkyl carbamates (subject to hydrolysis) is 1. The number of aromatic nitrogens is 4. The van der Waals surface area contributed by atoms with Crippen LogP contribution in [0.15, 0.2) is 35.1 Å². The average molecular weight is 496 g/mol. The minimum Gasteiger partial charge on any atom is -0.444 e. The molecule has 1 aliphatic heterocycles. The zero-order valence-corrected chi connectivity index (χ0v) is 22.0. The zero-order chi connectivity index (χ0) is 26.0. The van der Waals surface area contributed by atoms with Gasteiger partial charge in [0.25, 0.3) is 5.56 Å². The standard InChI is InChI=1S/C26H37N7O3/c1-17(2)27-23-29-21-20(22(34)31(23)6)33(15-18-11-8-7-9-12-18)24(30-21)32-14-10-13-19(16-32)28-25(35)36-26(3,4)5/h7-9,11-12,17,19H,10,13-16H2,1-6H3,(H,27,29)(H,28,35). The number of piperidine rings is 1. The molecule has 0 saturated carbocycles. The number of carbonyl (C=O) groups excluding carboxylic acids is 1. The van der Waals surface area contributed by atoms with Gasteiger partial charge in [0.1, 0.15) is 5.60 Å². The first kappa shape index (κ1) is 25.5. The summed E-state index contributed by atoms with van der Waals surface area (Å²) in [4.78, 5) is 37.6. The van der Waals surface area contributed by atoms with E-state index in [9.17, 15) is 9.59 Å². The lowest BCUT2D eigenvalue weighted by Crippen LogP contribution is -2.49. The summed E-state index contributed by atoms with van der Waals surface area (Å²) >= 11 is 0. The number of benzene rings is 1. The topological polar surface area (TPSA) is 106 Å². The third-order valence-electron chi connectivity index (χ3n) is 5.99. The number of hydrogen-bond acceptors (Lipinski definition) is 7. The fourth-order valence-corrected chi connectivity index (χ4v) is 4.44. The zero-order valence-electron chi connectivity index (χ0n) is 22.0. The smallest absolute Gasteiger partial charge is 0.407 e. The number of nitrogens with one attached hydrogen (secondary N) is 2. The van der Waals surface area contributed by atoms with E-state index in [1.165, 1.54) is 0 Å². The summed E-state index contributed by atoms with van der Waals surface area (Å²) in [5, 5.41) is 6.24. The first-order valence-electron chi connectivity index (χ1n) is 12.5. The van der Waals surface area contributed by atoms with Crippen molar-refractivity contribution in [3.8, 4) is 0 Å². The van der Waals surface area contributed by atoms with Crippen LogP contribution >= 0.6 is 0 Å². The number of rotatable bonds is 6. The predicted molar refractivity (Wildman–Crippen MR) is 142 cm³/mol. The van der Waals surface area contributed by atoms with E-state index < -0.39 is 11.7 Å². The van der Waals surface area contributed by atoms with Crippen LogP contribution in [0.1, 0.15) is 53.0 Å². The van der Waals surface area contributed by atoms with Crippen LogP contribution in [-0.2, 0) is 18.3 Å². The Labute approximate surface area is 211 Å². The van der Waals surface area contributed by atoms with Gasteiger partial charge in [0.2, 0.25) is 11.9 Å². The van der Waals surface area contributed by atoms with Gasteiger partial charge >= 0.3 is 6.09 Å². The van der Waals surface area contributed by atoms with Crippen molar-refractivity contribution < 1.29 is 9.53 Å². The molecule has 0 aliphatic carbocycles. The van der Waals surface area contributed by atoms with E-state index in [2.05, 4.69) is 15.5 Å². The van der Waals surface area contributed by atoms with E-state index in [1.54, 1.807) is 11.6 Å². The van der Waals surface area contributed by atoms with Gasteiger partial charge in [-0.15, -0.1) is 0 Å². The molecule has 36 heavy (non-hydrogen) atoms. The van der Waals surface area contributed by atoms with Crippen LogP contribution in [0.5, 0.6) is 0 Å². The fourth-order valence-electron chi connectivity index (χ4n) is 4.44. The fraction of sp³-hybridized carbons (Fsp3) is 0.538. The SMILES string of the molecule is CC(C)Nc1nc2nc(N3CCCC(NC(=O)OC(C)(C)C)C3)n(Cc3ccccc3)c2c(=O)n1C. The molecule has 3 heterocycles. The van der Waals surface area contributed by atoms with E-state index in [0.29, 0.717) is 36.2 Å². The molecule has 0 bridgehead atoms. The van der Waals surface area contributed by atoms with Gasteiger partial charge in [-0.2, -0.15) is 9.97 Å². The maximum absolute atomic E-state index is 13.5. The highest BCUT2D eigenvalue weighted by Gasteiger charge is 2.28. The summed E-state index contributed by atoms with van der Waals surface area (Å²) in [6.07, 6.45) is 1.30. The van der Waals surface area contributed by atoms with Crippen LogP contribution in [0, 0.1) is 0 Å². The van der Waals surface area contributed by atoms with Gasteiger partial charge in [-0.05, 0) is 53.0 Å². The van der Waals surface area contributed by atoms with Crippen molar-refractivity contribution in [2.75, 3.05) is 23.3 Å². The molecule has 1 aromatic carbocycles. The molecule has 10 nitrogen and oxygen atoms in total. The van der Waals surface area contributed by atoms with Crippen molar-refractivity contribution in [2.45, 2.75) is 71.7 Å². The number of hydrogen-bond donors (Lipinski definition) is 2. The molecule has 4 rings (SSSR count). The Kier molecular flexibility index (Phi) is 7.23. The second-order valence-corrected chi connectivity index (χ2v) is 10.7. The Morgan fingerprint density at radius 2 is 1.92 bits per heavy atom. The number of nitrogens with zero attached hydrogens (tertiary/aromatic N) is 5. The van der Waals surface area contributed by atoms with E-state index >= 15 is 0 Å². The maximum Gasteiger partial charge on any atom is 0.407 e. The molecule has 2 N–H and O–H groups in total. The van der Waals surface area contributed by atoms with Gasteiger partial charge in [-0.3, -0.25) is 13.9 Å². The van der Waals surface area contributed by atoms with Crippen molar-refractivity contribution in [1.82, 2.24) is 24.4 Å². The highest BCUT2D eigenvalue weighted by atomic mass is 16.6. The van der Waals surface area contributed by atoms with Crippen LogP contribution in [0.3, 0.4) is 0 Å². The number of imidazole rings is 1. The number of carbonyl (C=O) groups is 1. The predicted octanol–water partition coefficient (Wildman–Crippen LogP) is 3.49. The maximum atomic E-state index is 13.5. The molecule has 1 amide bonds. The summed E-state index contributed by atoms with van der Waals surface area (Å²) in [5.41, 5.74) is 1.22. The number of ether oxygens (including phenoxy) is 1. The van der Waals surface area contributed by atoms with Crippen LogP contribution in [0.25, 0.3) is 11.2 Å². The molecule has 2 aromatic heterocycles. The Balaban J connectivity index is 1.72. The van der Waals surface area contributed by atoms with Gasteiger partial charge in [0.15, 0.2) is 11.2 Å². The molecular weight excluding hydrogens is 458 g/mol. The highest BCUT2D eigenvalue weighted by molar-refractivity contribution is 5.76. The first-order chi connectivity index (χ1) is 17.0. The second-order valence-electron chi connectivity index (χ2n) is 10.7. The van der Waals surface area contributed by atoms with Crippen LogP contribution in [0.4, 0.5) is 16.7 Å². The number of fused-ring (bicyclic) bond motifs is 1. The summed E-state index contributed by atoms with van der Waals surface area (Å²) in [6.45, 7) is 11.4.